The lowest BCUT2D eigenvalue weighted by Crippen LogP contribution is -2.67. The van der Waals surface area contributed by atoms with Crippen LogP contribution in [0.5, 0.6) is 0 Å². The first-order chi connectivity index (χ1) is 19.7. The van der Waals surface area contributed by atoms with Crippen LogP contribution in [0.15, 0.2) is 0 Å². The minimum Gasteiger partial charge on any atom is -0.341 e. The van der Waals surface area contributed by atoms with Crippen LogP contribution in [0.4, 0.5) is 9.59 Å². The number of likely N-dealkylation sites (N-methyl/N-ethyl adjacent to an activating group) is 2. The quantitative estimate of drug-likeness (QED) is 0.0799. The molecule has 3 rings (SSSR count). The van der Waals surface area contributed by atoms with Crippen LogP contribution in [0.1, 0.15) is 26.7 Å². The first kappa shape index (κ1) is 32.2. The Morgan fingerprint density at radius 1 is 0.857 bits per heavy atom. The number of amides is 10. The molecule has 2 atom stereocenters. The second kappa shape index (κ2) is 13.1. The summed E-state index contributed by atoms with van der Waals surface area (Å²) in [6.45, 7) is 3.34. The third-order valence-electron chi connectivity index (χ3n) is 6.92. The fourth-order valence-corrected chi connectivity index (χ4v) is 5.11. The van der Waals surface area contributed by atoms with E-state index in [1.807, 2.05) is 0 Å². The van der Waals surface area contributed by atoms with Crippen LogP contribution in [-0.4, -0.2) is 149 Å². The zero-order valence-corrected chi connectivity index (χ0v) is 23.7. The Morgan fingerprint density at radius 2 is 1.38 bits per heavy atom. The SMILES string of the molecule is CCN1CCN(C(=O)NCCCC(NC(=O)N2CCN(CC)C(=O)C2=O)C(=O)NC2CN(S(=O)(=O)O)C2=O)C(=O)C1=O. The van der Waals surface area contributed by atoms with E-state index in [0.717, 1.165) is 4.90 Å². The number of β-lactam (4-membered cyclic amide) rings is 1. The third-order valence-corrected chi connectivity index (χ3v) is 7.80. The molecule has 0 spiro atoms. The fraction of sp³-hybridized carbons (Fsp3) is 0.636. The number of imide groups is 2. The zero-order valence-electron chi connectivity index (χ0n) is 22.9. The maximum absolute atomic E-state index is 13.0. The fourth-order valence-electron chi connectivity index (χ4n) is 4.42. The van der Waals surface area contributed by atoms with Gasteiger partial charge in [0.1, 0.15) is 12.1 Å². The molecule has 0 aromatic heterocycles. The molecule has 42 heavy (non-hydrogen) atoms. The van der Waals surface area contributed by atoms with Crippen molar-refractivity contribution in [2.75, 3.05) is 52.4 Å². The number of carbonyl (C=O) groups is 8. The molecule has 20 heteroatoms. The topological polar surface area (TPSA) is 243 Å². The second-order valence-corrected chi connectivity index (χ2v) is 10.8. The van der Waals surface area contributed by atoms with Crippen LogP contribution in [-0.2, 0) is 39.1 Å². The number of piperazine rings is 2. The predicted molar refractivity (Wildman–Crippen MR) is 138 cm³/mol. The van der Waals surface area contributed by atoms with E-state index in [-0.39, 0.29) is 56.4 Å². The summed E-state index contributed by atoms with van der Waals surface area (Å²) in [4.78, 5) is 103. The van der Waals surface area contributed by atoms with Crippen LogP contribution in [0, 0.1) is 0 Å². The van der Waals surface area contributed by atoms with E-state index in [1.54, 1.807) is 13.8 Å². The summed E-state index contributed by atoms with van der Waals surface area (Å²) in [6.07, 6.45) is -0.151. The van der Waals surface area contributed by atoms with Gasteiger partial charge >= 0.3 is 46.0 Å². The van der Waals surface area contributed by atoms with Gasteiger partial charge in [-0.1, -0.05) is 0 Å². The summed E-state index contributed by atoms with van der Waals surface area (Å²) in [5, 5.41) is 7.02. The second-order valence-electron chi connectivity index (χ2n) is 9.47. The molecule has 4 N–H and O–H groups in total. The molecule has 0 bridgehead atoms. The molecule has 0 radical (unpaired) electrons. The average Bonchev–Trinajstić information content (AvgIpc) is 2.93. The minimum absolute atomic E-state index is 0.0145. The van der Waals surface area contributed by atoms with Gasteiger partial charge in [-0.2, -0.15) is 8.42 Å². The van der Waals surface area contributed by atoms with Crippen molar-refractivity contribution < 1.29 is 51.3 Å². The predicted octanol–water partition coefficient (Wildman–Crippen LogP) is -3.93. The van der Waals surface area contributed by atoms with Gasteiger partial charge in [-0.25, -0.2) is 13.9 Å². The largest absolute Gasteiger partial charge is 0.362 e. The molecule has 19 nitrogen and oxygen atoms in total. The Kier molecular flexibility index (Phi) is 10.0. The van der Waals surface area contributed by atoms with E-state index < -0.39 is 76.4 Å². The standard InChI is InChI=1S/C22H32N8O11S/c1-3-26-8-10-28(19(35)17(26)33)21(37)23-7-5-6-13(15(31)24-14-12-30(16(14)32)42(39,40)41)25-22(38)29-11-9-27(4-2)18(34)20(29)36/h13-14H,3-12H2,1-2H3,(H,23,37)(H,24,31)(H,25,38)(H,39,40,41). The first-order valence-electron chi connectivity index (χ1n) is 13.1. The van der Waals surface area contributed by atoms with Crippen LogP contribution >= 0.6 is 0 Å². The highest BCUT2D eigenvalue weighted by Crippen LogP contribution is 2.15. The van der Waals surface area contributed by atoms with Crippen LogP contribution in [0.3, 0.4) is 0 Å². The van der Waals surface area contributed by atoms with Crippen molar-refractivity contribution >= 4 is 57.8 Å². The maximum Gasteiger partial charge on any atom is 0.362 e. The Balaban J connectivity index is 1.61. The molecule has 3 fully saturated rings. The molecule has 3 heterocycles. The van der Waals surface area contributed by atoms with Gasteiger partial charge in [-0.3, -0.25) is 43.1 Å². The van der Waals surface area contributed by atoms with Gasteiger partial charge < -0.3 is 25.8 Å². The summed E-state index contributed by atoms with van der Waals surface area (Å²) >= 11 is 0. The van der Waals surface area contributed by atoms with Gasteiger partial charge in [-0.15, -0.1) is 0 Å². The summed E-state index contributed by atoms with van der Waals surface area (Å²) in [5.41, 5.74) is 0. The Labute approximate surface area is 240 Å². The van der Waals surface area contributed by atoms with Crippen molar-refractivity contribution in [1.29, 1.82) is 0 Å². The van der Waals surface area contributed by atoms with Gasteiger partial charge in [0.15, 0.2) is 0 Å². The summed E-state index contributed by atoms with van der Waals surface area (Å²) in [7, 11) is -4.81. The van der Waals surface area contributed by atoms with E-state index >= 15 is 0 Å². The molecule has 0 aromatic carbocycles. The van der Waals surface area contributed by atoms with E-state index in [9.17, 15) is 46.8 Å². The van der Waals surface area contributed by atoms with Gasteiger partial charge in [0.2, 0.25) is 5.91 Å². The van der Waals surface area contributed by atoms with E-state index in [1.165, 1.54) is 9.80 Å². The minimum atomic E-state index is -4.81. The lowest BCUT2D eigenvalue weighted by molar-refractivity contribution is -0.153. The summed E-state index contributed by atoms with van der Waals surface area (Å²) in [6, 6.07) is -4.63. The number of carbonyl (C=O) groups excluding carboxylic acids is 8. The number of urea groups is 2. The number of hydrogen-bond acceptors (Lipinski definition) is 10. The molecular weight excluding hydrogens is 584 g/mol. The average molecular weight is 617 g/mol. The highest BCUT2D eigenvalue weighted by atomic mass is 32.2. The van der Waals surface area contributed by atoms with Gasteiger partial charge in [0, 0.05) is 45.8 Å². The molecular formula is C22H32N8O11S. The van der Waals surface area contributed by atoms with Crippen molar-refractivity contribution in [2.24, 2.45) is 0 Å². The van der Waals surface area contributed by atoms with Gasteiger partial charge in [0.25, 0.3) is 5.91 Å². The van der Waals surface area contributed by atoms with Crippen molar-refractivity contribution in [2.45, 2.75) is 38.8 Å². The third kappa shape index (κ3) is 6.93. The van der Waals surface area contributed by atoms with E-state index in [4.69, 9.17) is 4.55 Å². The van der Waals surface area contributed by atoms with Crippen molar-refractivity contribution in [3.8, 4) is 0 Å². The normalized spacial score (nSPS) is 20.4. The van der Waals surface area contributed by atoms with E-state index in [2.05, 4.69) is 16.0 Å². The van der Waals surface area contributed by atoms with E-state index in [0.29, 0.717) is 11.4 Å². The molecule has 3 aliphatic heterocycles. The van der Waals surface area contributed by atoms with Gasteiger partial charge in [-0.05, 0) is 26.7 Å². The first-order valence-corrected chi connectivity index (χ1v) is 14.5. The van der Waals surface area contributed by atoms with Crippen LogP contribution in [0.2, 0.25) is 0 Å². The number of rotatable bonds is 10. The molecule has 10 amide bonds. The smallest absolute Gasteiger partial charge is 0.341 e. The molecule has 0 aromatic rings. The van der Waals surface area contributed by atoms with Crippen molar-refractivity contribution in [3.05, 3.63) is 0 Å². The Bertz CT molecular complexity index is 1290. The molecule has 232 valence electrons. The molecule has 0 aliphatic carbocycles. The summed E-state index contributed by atoms with van der Waals surface area (Å²) in [5.74, 6) is -5.86. The number of hydrogen-bond donors (Lipinski definition) is 4. The zero-order chi connectivity index (χ0) is 31.4. The Hall–Kier alpha value is -4.33. The monoisotopic (exact) mass is 616 g/mol. The Morgan fingerprint density at radius 3 is 1.86 bits per heavy atom. The molecule has 0 saturated carbocycles. The van der Waals surface area contributed by atoms with Crippen molar-refractivity contribution in [1.82, 2.24) is 39.9 Å². The number of nitrogens with one attached hydrogen (secondary N) is 3. The summed E-state index contributed by atoms with van der Waals surface area (Å²) < 4.78 is 31.5. The van der Waals surface area contributed by atoms with Crippen LogP contribution < -0.4 is 16.0 Å². The lowest BCUT2D eigenvalue weighted by Gasteiger charge is -2.36. The number of nitrogens with zero attached hydrogens (tertiary/aromatic N) is 5. The molecule has 2 unspecified atom stereocenters. The van der Waals surface area contributed by atoms with Gasteiger partial charge in [0.05, 0.1) is 6.54 Å². The molecule has 3 saturated heterocycles. The highest BCUT2D eigenvalue weighted by Gasteiger charge is 2.45. The van der Waals surface area contributed by atoms with Crippen LogP contribution in [0.25, 0.3) is 0 Å². The molecule has 3 aliphatic rings. The lowest BCUT2D eigenvalue weighted by atomic mass is 10.1. The highest BCUT2D eigenvalue weighted by molar-refractivity contribution is 7.84. The maximum atomic E-state index is 13.0. The van der Waals surface area contributed by atoms with Crippen molar-refractivity contribution in [3.63, 3.8) is 0 Å².